The first kappa shape index (κ1) is 13.5. The van der Waals surface area contributed by atoms with E-state index in [0.717, 1.165) is 43.8 Å². The van der Waals surface area contributed by atoms with Crippen LogP contribution < -0.4 is 5.73 Å². The van der Waals surface area contributed by atoms with Gasteiger partial charge >= 0.3 is 0 Å². The fourth-order valence-electron chi connectivity index (χ4n) is 2.74. The lowest BCUT2D eigenvalue weighted by Crippen LogP contribution is -2.44. The van der Waals surface area contributed by atoms with E-state index in [1.54, 1.807) is 0 Å². The molecule has 4 nitrogen and oxygen atoms in total. The quantitative estimate of drug-likeness (QED) is 0.880. The molecule has 0 aliphatic carbocycles. The van der Waals surface area contributed by atoms with Crippen LogP contribution in [-0.2, 0) is 6.54 Å². The Bertz CT molecular complexity index is 593. The van der Waals surface area contributed by atoms with Crippen molar-refractivity contribution in [3.05, 3.63) is 36.3 Å². The van der Waals surface area contributed by atoms with Gasteiger partial charge in [-0.05, 0) is 38.1 Å². The minimum Gasteiger partial charge on any atom is -0.393 e. The number of nitrogens with two attached hydrogens (primary N) is 1. The van der Waals surface area contributed by atoms with E-state index >= 15 is 0 Å². The van der Waals surface area contributed by atoms with Crippen molar-refractivity contribution in [3.8, 4) is 0 Å². The minimum absolute atomic E-state index is 0.0325. The molecule has 2 N–H and O–H groups in total. The number of hydrogen-bond acceptors (Lipinski definition) is 3. The summed E-state index contributed by atoms with van der Waals surface area (Å²) in [5.41, 5.74) is 8.01. The molecule has 20 heavy (non-hydrogen) atoms. The van der Waals surface area contributed by atoms with Crippen molar-refractivity contribution in [2.75, 3.05) is 13.1 Å². The Balaban J connectivity index is 1.66. The first-order chi connectivity index (χ1) is 9.57. The highest BCUT2D eigenvalue weighted by Gasteiger charge is 2.32. The van der Waals surface area contributed by atoms with E-state index < -0.39 is 0 Å². The van der Waals surface area contributed by atoms with Crippen molar-refractivity contribution < 1.29 is 0 Å². The number of imidazole rings is 1. The number of piperidine rings is 1. The van der Waals surface area contributed by atoms with Crippen LogP contribution in [0.25, 0.3) is 5.65 Å². The maximum absolute atomic E-state index is 5.85. The van der Waals surface area contributed by atoms with Gasteiger partial charge in [-0.25, -0.2) is 4.98 Å². The average Bonchev–Trinajstić information content (AvgIpc) is 2.83. The average molecular weight is 288 g/mol. The van der Waals surface area contributed by atoms with Crippen molar-refractivity contribution in [3.63, 3.8) is 0 Å². The van der Waals surface area contributed by atoms with Crippen LogP contribution in [0.2, 0.25) is 0 Å². The zero-order valence-electron chi connectivity index (χ0n) is 11.7. The SMILES string of the molecule is CC1(C(N)=S)CCN(Cc2cn3ccccc3n2)CC1. The molecule has 0 spiro atoms. The number of pyridine rings is 1. The van der Waals surface area contributed by atoms with E-state index in [9.17, 15) is 0 Å². The van der Waals surface area contributed by atoms with Crippen LogP contribution >= 0.6 is 12.2 Å². The van der Waals surface area contributed by atoms with Gasteiger partial charge in [0.1, 0.15) is 5.65 Å². The van der Waals surface area contributed by atoms with E-state index in [1.807, 2.05) is 24.4 Å². The standard InChI is InChI=1S/C15H20N4S/c1-15(14(16)20)5-8-18(9-6-15)10-12-11-19-7-3-2-4-13(19)17-12/h2-4,7,11H,5-6,8-10H2,1H3,(H2,16,20). The number of fused-ring (bicyclic) bond motifs is 1. The van der Waals surface area contributed by atoms with Gasteiger partial charge in [-0.3, -0.25) is 4.90 Å². The third-order valence-corrected chi connectivity index (χ3v) is 4.85. The molecule has 0 atom stereocenters. The topological polar surface area (TPSA) is 46.6 Å². The van der Waals surface area contributed by atoms with Gasteiger partial charge in [-0.2, -0.15) is 0 Å². The van der Waals surface area contributed by atoms with Crippen LogP contribution in [0, 0.1) is 5.41 Å². The molecule has 3 rings (SSSR count). The summed E-state index contributed by atoms with van der Waals surface area (Å²) in [6, 6.07) is 6.07. The molecule has 0 bridgehead atoms. The van der Waals surface area contributed by atoms with E-state index in [2.05, 4.69) is 27.4 Å². The molecule has 0 amide bonds. The number of rotatable bonds is 3. The summed E-state index contributed by atoms with van der Waals surface area (Å²) in [6.07, 6.45) is 6.22. The van der Waals surface area contributed by atoms with Gasteiger partial charge in [0.15, 0.2) is 0 Å². The molecule has 1 aliphatic rings. The summed E-state index contributed by atoms with van der Waals surface area (Å²) in [6.45, 7) is 5.14. The Kier molecular flexibility index (Phi) is 3.48. The third-order valence-electron chi connectivity index (χ3n) is 4.35. The van der Waals surface area contributed by atoms with Crippen LogP contribution in [0.1, 0.15) is 25.5 Å². The lowest BCUT2D eigenvalue weighted by atomic mass is 9.80. The zero-order chi connectivity index (χ0) is 14.2. The maximum Gasteiger partial charge on any atom is 0.137 e. The Morgan fingerprint density at radius 1 is 1.40 bits per heavy atom. The summed E-state index contributed by atoms with van der Waals surface area (Å²) < 4.78 is 2.07. The predicted molar refractivity (Wildman–Crippen MR) is 84.6 cm³/mol. The van der Waals surface area contributed by atoms with Crippen LogP contribution in [0.5, 0.6) is 0 Å². The monoisotopic (exact) mass is 288 g/mol. The summed E-state index contributed by atoms with van der Waals surface area (Å²) in [7, 11) is 0. The van der Waals surface area contributed by atoms with Crippen LogP contribution in [0.15, 0.2) is 30.6 Å². The lowest BCUT2D eigenvalue weighted by molar-refractivity contribution is 0.156. The maximum atomic E-state index is 5.85. The fraction of sp³-hybridized carbons (Fsp3) is 0.467. The normalized spacial score (nSPS) is 19.2. The molecule has 106 valence electrons. The first-order valence-corrected chi connectivity index (χ1v) is 7.42. The van der Waals surface area contributed by atoms with Crippen molar-refractivity contribution in [1.82, 2.24) is 14.3 Å². The van der Waals surface area contributed by atoms with E-state index in [0.29, 0.717) is 4.99 Å². The molecular formula is C15H20N4S. The van der Waals surface area contributed by atoms with Gasteiger partial charge in [-0.1, -0.05) is 25.2 Å². The van der Waals surface area contributed by atoms with Crippen LogP contribution in [0.4, 0.5) is 0 Å². The van der Waals surface area contributed by atoms with Gasteiger partial charge in [0, 0.05) is 24.4 Å². The highest BCUT2D eigenvalue weighted by molar-refractivity contribution is 7.80. The number of aromatic nitrogens is 2. The van der Waals surface area contributed by atoms with Gasteiger partial charge in [-0.15, -0.1) is 0 Å². The van der Waals surface area contributed by atoms with Crippen molar-refractivity contribution in [2.45, 2.75) is 26.3 Å². The molecular weight excluding hydrogens is 268 g/mol. The largest absolute Gasteiger partial charge is 0.393 e. The molecule has 1 fully saturated rings. The third kappa shape index (κ3) is 2.55. The zero-order valence-corrected chi connectivity index (χ0v) is 12.6. The summed E-state index contributed by atoms with van der Waals surface area (Å²) in [5.74, 6) is 0. The molecule has 5 heteroatoms. The predicted octanol–water partition coefficient (Wildman–Crippen LogP) is 2.22. The summed E-state index contributed by atoms with van der Waals surface area (Å²) >= 11 is 5.18. The number of thiocarbonyl (C=S) groups is 1. The molecule has 1 aliphatic heterocycles. The van der Waals surface area contributed by atoms with Crippen LogP contribution in [0.3, 0.4) is 0 Å². The molecule has 1 saturated heterocycles. The van der Waals surface area contributed by atoms with Crippen molar-refractivity contribution in [1.29, 1.82) is 0 Å². The van der Waals surface area contributed by atoms with E-state index in [4.69, 9.17) is 18.0 Å². The van der Waals surface area contributed by atoms with E-state index in [1.165, 1.54) is 0 Å². The molecule has 3 heterocycles. The summed E-state index contributed by atoms with van der Waals surface area (Å²) in [5, 5.41) is 0. The summed E-state index contributed by atoms with van der Waals surface area (Å²) in [4.78, 5) is 7.74. The smallest absolute Gasteiger partial charge is 0.137 e. The number of likely N-dealkylation sites (tertiary alicyclic amines) is 1. The van der Waals surface area contributed by atoms with Gasteiger partial charge in [0.25, 0.3) is 0 Å². The molecule has 0 saturated carbocycles. The van der Waals surface area contributed by atoms with Gasteiger partial charge in [0.05, 0.1) is 10.7 Å². The fourth-order valence-corrected chi connectivity index (χ4v) is 2.95. The van der Waals surface area contributed by atoms with Crippen molar-refractivity contribution >= 4 is 22.9 Å². The second-order valence-corrected chi connectivity index (χ2v) is 6.34. The van der Waals surface area contributed by atoms with Crippen LogP contribution in [-0.4, -0.2) is 32.4 Å². The highest BCUT2D eigenvalue weighted by Crippen LogP contribution is 2.31. The lowest BCUT2D eigenvalue weighted by Gasteiger charge is -2.38. The molecule has 0 radical (unpaired) electrons. The Morgan fingerprint density at radius 3 is 2.80 bits per heavy atom. The Morgan fingerprint density at radius 2 is 2.15 bits per heavy atom. The molecule has 0 unspecified atom stereocenters. The minimum atomic E-state index is 0.0325. The van der Waals surface area contributed by atoms with Crippen molar-refractivity contribution in [2.24, 2.45) is 11.1 Å². The molecule has 0 aromatic carbocycles. The number of hydrogen-bond donors (Lipinski definition) is 1. The van der Waals surface area contributed by atoms with Gasteiger partial charge in [0.2, 0.25) is 0 Å². The second kappa shape index (κ2) is 5.14. The van der Waals surface area contributed by atoms with Gasteiger partial charge < -0.3 is 10.1 Å². The second-order valence-electron chi connectivity index (χ2n) is 5.90. The number of nitrogens with zero attached hydrogens (tertiary/aromatic N) is 3. The van der Waals surface area contributed by atoms with E-state index in [-0.39, 0.29) is 5.41 Å². The molecule has 2 aromatic heterocycles. The Hall–Kier alpha value is -1.46. The highest BCUT2D eigenvalue weighted by atomic mass is 32.1. The Labute approximate surface area is 124 Å². The first-order valence-electron chi connectivity index (χ1n) is 7.02. The molecule has 2 aromatic rings.